The minimum absolute atomic E-state index is 0.0581. The number of allylic oxidation sites excluding steroid dienone is 3. The van der Waals surface area contributed by atoms with E-state index >= 15 is 0 Å². The van der Waals surface area contributed by atoms with Crippen molar-refractivity contribution in [2.75, 3.05) is 0 Å². The molecule has 4 heteroatoms. The molecule has 3 fully saturated rings. The van der Waals surface area contributed by atoms with E-state index in [0.29, 0.717) is 24.2 Å². The number of aliphatic hydroxyl groups is 1. The van der Waals surface area contributed by atoms with Gasteiger partial charge in [0.2, 0.25) is 0 Å². The van der Waals surface area contributed by atoms with E-state index in [2.05, 4.69) is 53.8 Å². The first-order valence-corrected chi connectivity index (χ1v) is 15.5. The van der Waals surface area contributed by atoms with Gasteiger partial charge in [-0.3, -0.25) is 0 Å². The van der Waals surface area contributed by atoms with Crippen molar-refractivity contribution >= 4 is 8.32 Å². The van der Waals surface area contributed by atoms with E-state index < -0.39 is 14.1 Å². The SMILES string of the molecule is C/C(F)=C1\CC[C@H]2[C@@H]3CC=C4C[C@](O)(O[Si](C)(C)C(C)(C)C)CC[C@]4(C)[C@H]3CC[C@]12C. The molecule has 0 radical (unpaired) electrons. The van der Waals surface area contributed by atoms with Crippen molar-refractivity contribution in [2.45, 2.75) is 117 Å². The maximum atomic E-state index is 14.3. The molecule has 2 nitrogen and oxygen atoms in total. The summed E-state index contributed by atoms with van der Waals surface area (Å²) in [4.78, 5) is 0. The molecule has 4 aliphatic rings. The minimum Gasteiger partial charge on any atom is -0.390 e. The molecule has 0 heterocycles. The Morgan fingerprint density at radius 3 is 2.35 bits per heavy atom. The third-order valence-corrected chi connectivity index (χ3v) is 15.1. The van der Waals surface area contributed by atoms with E-state index in [4.69, 9.17) is 4.43 Å². The van der Waals surface area contributed by atoms with Crippen LogP contribution in [0, 0.1) is 28.6 Å². The molecule has 0 unspecified atom stereocenters. The highest BCUT2D eigenvalue weighted by molar-refractivity contribution is 6.74. The van der Waals surface area contributed by atoms with Crippen molar-refractivity contribution in [3.63, 3.8) is 0 Å². The van der Waals surface area contributed by atoms with Crippen molar-refractivity contribution in [3.8, 4) is 0 Å². The van der Waals surface area contributed by atoms with E-state index in [1.807, 2.05) is 0 Å². The highest BCUT2D eigenvalue weighted by atomic mass is 28.4. The van der Waals surface area contributed by atoms with E-state index in [-0.39, 0.29) is 21.7 Å². The number of fused-ring (bicyclic) bond motifs is 5. The summed E-state index contributed by atoms with van der Waals surface area (Å²) in [5, 5.41) is 11.6. The fraction of sp³-hybridized carbons (Fsp3) is 0.852. The van der Waals surface area contributed by atoms with Gasteiger partial charge < -0.3 is 9.53 Å². The normalized spacial score (nSPS) is 44.8. The maximum Gasteiger partial charge on any atom is 0.195 e. The predicted molar refractivity (Wildman–Crippen MR) is 129 cm³/mol. The molecule has 4 rings (SSSR count). The Morgan fingerprint density at radius 1 is 1.10 bits per heavy atom. The van der Waals surface area contributed by atoms with Gasteiger partial charge in [0.1, 0.15) is 0 Å². The van der Waals surface area contributed by atoms with Crippen LogP contribution in [-0.4, -0.2) is 19.2 Å². The minimum atomic E-state index is -2.04. The maximum absolute atomic E-state index is 14.3. The van der Waals surface area contributed by atoms with Gasteiger partial charge in [-0.1, -0.05) is 46.3 Å². The molecular formula is C27H45FO2Si. The summed E-state index contributed by atoms with van der Waals surface area (Å²) >= 11 is 0. The lowest BCUT2D eigenvalue weighted by Gasteiger charge is -2.59. The zero-order valence-electron chi connectivity index (χ0n) is 21.2. The van der Waals surface area contributed by atoms with Crippen LogP contribution in [0.1, 0.15) is 92.9 Å². The fourth-order valence-corrected chi connectivity index (χ4v) is 9.14. The molecule has 0 amide bonds. The Bertz CT molecular complexity index is 805. The second kappa shape index (κ2) is 7.27. The van der Waals surface area contributed by atoms with Crippen molar-refractivity contribution in [3.05, 3.63) is 23.0 Å². The summed E-state index contributed by atoms with van der Waals surface area (Å²) in [7, 11) is -2.04. The summed E-state index contributed by atoms with van der Waals surface area (Å²) < 4.78 is 20.9. The lowest BCUT2D eigenvalue weighted by Crippen LogP contribution is -2.55. The van der Waals surface area contributed by atoms with Crippen LogP contribution in [0.3, 0.4) is 0 Å². The fourth-order valence-electron chi connectivity index (χ4n) is 7.71. The molecule has 4 aliphatic carbocycles. The van der Waals surface area contributed by atoms with Crippen LogP contribution in [0.5, 0.6) is 0 Å². The highest BCUT2D eigenvalue weighted by Gasteiger charge is 2.59. The number of rotatable bonds is 2. The lowest BCUT2D eigenvalue weighted by atomic mass is 9.47. The van der Waals surface area contributed by atoms with Gasteiger partial charge in [-0.15, -0.1) is 0 Å². The number of halogens is 1. The summed E-state index contributed by atoms with van der Waals surface area (Å²) in [5.74, 6) is 0.969. The Kier molecular flexibility index (Phi) is 5.56. The highest BCUT2D eigenvalue weighted by Crippen LogP contribution is 2.67. The second-order valence-electron chi connectivity index (χ2n) is 13.3. The molecule has 31 heavy (non-hydrogen) atoms. The van der Waals surface area contributed by atoms with Crippen LogP contribution in [0.25, 0.3) is 0 Å². The van der Waals surface area contributed by atoms with Gasteiger partial charge in [-0.05, 0) is 97.7 Å². The van der Waals surface area contributed by atoms with E-state index in [1.54, 1.807) is 6.92 Å². The van der Waals surface area contributed by atoms with Gasteiger partial charge in [-0.25, -0.2) is 4.39 Å². The summed E-state index contributed by atoms with van der Waals surface area (Å²) in [5.41, 5.74) is 2.75. The first kappa shape index (κ1) is 23.7. The van der Waals surface area contributed by atoms with Crippen LogP contribution in [0.4, 0.5) is 4.39 Å². The molecule has 0 spiro atoms. The quantitative estimate of drug-likeness (QED) is 0.264. The van der Waals surface area contributed by atoms with Crippen LogP contribution in [0.15, 0.2) is 23.0 Å². The number of hydrogen-bond acceptors (Lipinski definition) is 2. The summed E-state index contributed by atoms with van der Waals surface area (Å²) in [6, 6.07) is 0. The number of hydrogen-bond donors (Lipinski definition) is 1. The van der Waals surface area contributed by atoms with Crippen LogP contribution < -0.4 is 0 Å². The van der Waals surface area contributed by atoms with E-state index in [1.165, 1.54) is 12.0 Å². The van der Waals surface area contributed by atoms with Crippen molar-refractivity contribution < 1.29 is 13.9 Å². The predicted octanol–water partition coefficient (Wildman–Crippen LogP) is 7.90. The Balaban J connectivity index is 1.59. The molecule has 1 N–H and O–H groups in total. The monoisotopic (exact) mass is 448 g/mol. The molecule has 0 aromatic carbocycles. The zero-order chi connectivity index (χ0) is 23.0. The molecule has 0 aromatic heterocycles. The topological polar surface area (TPSA) is 29.5 Å². The lowest BCUT2D eigenvalue weighted by molar-refractivity contribution is -0.176. The molecule has 0 saturated heterocycles. The average molecular weight is 449 g/mol. The van der Waals surface area contributed by atoms with Gasteiger partial charge in [0.05, 0.1) is 5.83 Å². The smallest absolute Gasteiger partial charge is 0.195 e. The van der Waals surface area contributed by atoms with E-state index in [0.717, 1.165) is 44.1 Å². The largest absolute Gasteiger partial charge is 0.390 e. The van der Waals surface area contributed by atoms with Gasteiger partial charge >= 0.3 is 0 Å². The molecule has 0 aromatic rings. The Hall–Kier alpha value is -0.453. The molecule has 176 valence electrons. The molecule has 3 saturated carbocycles. The molecule has 6 atom stereocenters. The van der Waals surface area contributed by atoms with Gasteiger partial charge in [0.15, 0.2) is 14.1 Å². The third kappa shape index (κ3) is 3.63. The van der Waals surface area contributed by atoms with Crippen molar-refractivity contribution in [1.29, 1.82) is 0 Å². The first-order chi connectivity index (χ1) is 14.1. The molecular weight excluding hydrogens is 403 g/mol. The summed E-state index contributed by atoms with van der Waals surface area (Å²) in [6.45, 7) is 17.7. The molecule has 0 aliphatic heterocycles. The van der Waals surface area contributed by atoms with Crippen molar-refractivity contribution in [1.82, 2.24) is 0 Å². The Morgan fingerprint density at radius 2 is 1.74 bits per heavy atom. The standard InChI is InChI=1S/C27H45FO2Si/c1-18(28)21-11-12-22-20-10-9-19-17-27(29,30-31(7,8)24(2,3)4)16-15-25(19,5)23(20)13-14-26(21,22)6/h9,20,22-23,29H,10-17H2,1-8H3/b21-18-/t20-,22-,23-,25-,26+,27+/m0/s1. The third-order valence-electron chi connectivity index (χ3n) is 10.6. The van der Waals surface area contributed by atoms with Crippen LogP contribution in [-0.2, 0) is 4.43 Å². The van der Waals surface area contributed by atoms with Gasteiger partial charge in [0, 0.05) is 12.8 Å². The second-order valence-corrected chi connectivity index (χ2v) is 18.0. The Labute approximate surface area is 190 Å². The summed E-state index contributed by atoms with van der Waals surface area (Å²) in [6.07, 6.45) is 10.3. The first-order valence-electron chi connectivity index (χ1n) is 12.6. The van der Waals surface area contributed by atoms with Crippen LogP contribution >= 0.6 is 0 Å². The van der Waals surface area contributed by atoms with Crippen molar-refractivity contribution in [2.24, 2.45) is 28.6 Å². The van der Waals surface area contributed by atoms with Crippen LogP contribution in [0.2, 0.25) is 18.1 Å². The average Bonchev–Trinajstić information content (AvgIpc) is 2.98. The van der Waals surface area contributed by atoms with Gasteiger partial charge in [0.25, 0.3) is 0 Å². The van der Waals surface area contributed by atoms with Gasteiger partial charge in [-0.2, -0.15) is 0 Å². The van der Waals surface area contributed by atoms with E-state index in [9.17, 15) is 9.50 Å². The zero-order valence-corrected chi connectivity index (χ0v) is 22.2. The molecule has 0 bridgehead atoms.